The molecular formula is C23H24N4OS. The predicted molar refractivity (Wildman–Crippen MR) is 116 cm³/mol. The molecule has 0 aliphatic carbocycles. The molecule has 1 aliphatic heterocycles. The summed E-state index contributed by atoms with van der Waals surface area (Å²) in [5.41, 5.74) is 1.88. The summed E-state index contributed by atoms with van der Waals surface area (Å²) in [4.78, 5) is 26.0. The zero-order valence-electron chi connectivity index (χ0n) is 16.4. The summed E-state index contributed by atoms with van der Waals surface area (Å²) < 4.78 is 0. The summed E-state index contributed by atoms with van der Waals surface area (Å²) in [7, 11) is 0. The average Bonchev–Trinajstić information content (AvgIpc) is 2.76. The maximum absolute atomic E-state index is 13.0. The lowest BCUT2D eigenvalue weighted by molar-refractivity contribution is 0.0928. The fourth-order valence-electron chi connectivity index (χ4n) is 3.46. The number of anilines is 1. The van der Waals surface area contributed by atoms with Crippen molar-refractivity contribution in [3.8, 4) is 0 Å². The van der Waals surface area contributed by atoms with Crippen molar-refractivity contribution in [2.24, 2.45) is 0 Å². The van der Waals surface area contributed by atoms with Gasteiger partial charge in [-0.25, -0.2) is 9.97 Å². The number of carbonyl (C=O) groups is 1. The molecule has 0 unspecified atom stereocenters. The Morgan fingerprint density at radius 1 is 1.03 bits per heavy atom. The van der Waals surface area contributed by atoms with Gasteiger partial charge in [0.1, 0.15) is 0 Å². The second-order valence-corrected chi connectivity index (χ2v) is 8.31. The predicted octanol–water partition coefficient (Wildman–Crippen LogP) is 4.34. The Balaban J connectivity index is 1.41. The lowest BCUT2D eigenvalue weighted by atomic mass is 10.0. The van der Waals surface area contributed by atoms with Gasteiger partial charge < -0.3 is 10.2 Å². The van der Waals surface area contributed by atoms with Crippen molar-refractivity contribution in [1.29, 1.82) is 0 Å². The van der Waals surface area contributed by atoms with E-state index in [0.29, 0.717) is 0 Å². The van der Waals surface area contributed by atoms with E-state index in [-0.39, 0.29) is 11.9 Å². The number of amides is 1. The van der Waals surface area contributed by atoms with Crippen LogP contribution in [0.5, 0.6) is 0 Å². The Bertz CT molecular complexity index is 957. The van der Waals surface area contributed by atoms with Crippen LogP contribution in [0.15, 0.2) is 76.8 Å². The second-order valence-electron chi connectivity index (χ2n) is 7.20. The number of carbonyl (C=O) groups excluding carboxylic acids is 1. The van der Waals surface area contributed by atoms with Crippen molar-refractivity contribution in [3.63, 3.8) is 0 Å². The topological polar surface area (TPSA) is 58.1 Å². The number of piperidine rings is 1. The van der Waals surface area contributed by atoms with Crippen LogP contribution in [0.2, 0.25) is 0 Å². The quantitative estimate of drug-likeness (QED) is 0.686. The molecule has 1 aromatic heterocycles. The molecule has 1 aliphatic rings. The molecule has 148 valence electrons. The molecule has 1 fully saturated rings. The SMILES string of the molecule is Cc1ccc(C(=O)NC2CCN(c3ncccn3)CC2)c(Sc2ccccc2)c1. The minimum absolute atomic E-state index is 0.00200. The van der Waals surface area contributed by atoms with Gasteiger partial charge in [0.2, 0.25) is 5.95 Å². The van der Waals surface area contributed by atoms with Gasteiger partial charge in [-0.1, -0.05) is 36.0 Å². The van der Waals surface area contributed by atoms with Gasteiger partial charge in [-0.05, 0) is 55.7 Å². The first kappa shape index (κ1) is 19.5. The number of aryl methyl sites for hydroxylation is 1. The average molecular weight is 405 g/mol. The normalized spacial score (nSPS) is 14.6. The maximum Gasteiger partial charge on any atom is 0.252 e. The molecule has 1 saturated heterocycles. The highest BCUT2D eigenvalue weighted by molar-refractivity contribution is 7.99. The Hall–Kier alpha value is -2.86. The van der Waals surface area contributed by atoms with E-state index in [9.17, 15) is 4.79 Å². The van der Waals surface area contributed by atoms with E-state index in [2.05, 4.69) is 45.3 Å². The van der Waals surface area contributed by atoms with Crippen LogP contribution in [0.1, 0.15) is 28.8 Å². The fourth-order valence-corrected chi connectivity index (χ4v) is 4.52. The Kier molecular flexibility index (Phi) is 6.10. The van der Waals surface area contributed by atoms with Crippen LogP contribution in [-0.4, -0.2) is 35.0 Å². The van der Waals surface area contributed by atoms with Gasteiger partial charge in [0.15, 0.2) is 0 Å². The Labute approximate surface area is 175 Å². The van der Waals surface area contributed by atoms with Crippen LogP contribution in [0.4, 0.5) is 5.95 Å². The zero-order chi connectivity index (χ0) is 20.1. The second kappa shape index (κ2) is 9.09. The molecule has 29 heavy (non-hydrogen) atoms. The molecule has 1 N–H and O–H groups in total. The van der Waals surface area contributed by atoms with Crippen LogP contribution in [-0.2, 0) is 0 Å². The summed E-state index contributed by atoms with van der Waals surface area (Å²) in [5.74, 6) is 0.759. The fraction of sp³-hybridized carbons (Fsp3) is 0.261. The van der Waals surface area contributed by atoms with Crippen LogP contribution < -0.4 is 10.2 Å². The number of benzene rings is 2. The standard InChI is InChI=1S/C23H24N4OS/c1-17-8-9-20(21(16-17)29-19-6-3-2-4-7-19)22(28)26-18-10-14-27(15-11-18)23-24-12-5-13-25-23/h2-9,12-13,16,18H,10-11,14-15H2,1H3,(H,26,28). The first-order valence-corrected chi connectivity index (χ1v) is 10.7. The van der Waals surface area contributed by atoms with E-state index in [4.69, 9.17) is 0 Å². The maximum atomic E-state index is 13.0. The van der Waals surface area contributed by atoms with E-state index in [0.717, 1.165) is 52.8 Å². The minimum Gasteiger partial charge on any atom is -0.349 e. The third-order valence-corrected chi connectivity index (χ3v) is 6.08. The first-order chi connectivity index (χ1) is 14.2. The molecule has 0 spiro atoms. The van der Waals surface area contributed by atoms with Crippen molar-refractivity contribution < 1.29 is 4.79 Å². The van der Waals surface area contributed by atoms with Gasteiger partial charge in [0, 0.05) is 41.3 Å². The number of hydrogen-bond acceptors (Lipinski definition) is 5. The van der Waals surface area contributed by atoms with Crippen LogP contribution >= 0.6 is 11.8 Å². The molecule has 4 rings (SSSR count). The molecule has 0 atom stereocenters. The van der Waals surface area contributed by atoms with Crippen molar-refractivity contribution in [2.45, 2.75) is 35.6 Å². The molecule has 0 saturated carbocycles. The summed E-state index contributed by atoms with van der Waals surface area (Å²) in [5, 5.41) is 3.23. The molecule has 5 nitrogen and oxygen atoms in total. The molecular weight excluding hydrogens is 380 g/mol. The summed E-state index contributed by atoms with van der Waals surface area (Å²) in [6.07, 6.45) is 5.30. The van der Waals surface area contributed by atoms with Crippen LogP contribution in [0, 0.1) is 6.92 Å². The highest BCUT2D eigenvalue weighted by Gasteiger charge is 2.23. The highest BCUT2D eigenvalue weighted by atomic mass is 32.2. The van der Waals surface area contributed by atoms with Crippen molar-refractivity contribution >= 4 is 23.6 Å². The van der Waals surface area contributed by atoms with Gasteiger partial charge in [0.05, 0.1) is 5.56 Å². The third kappa shape index (κ3) is 4.95. The lowest BCUT2D eigenvalue weighted by Crippen LogP contribution is -2.45. The summed E-state index contributed by atoms with van der Waals surface area (Å²) >= 11 is 1.63. The van der Waals surface area contributed by atoms with E-state index in [1.165, 1.54) is 0 Å². The molecule has 0 radical (unpaired) electrons. The van der Waals surface area contributed by atoms with E-state index in [1.54, 1.807) is 24.2 Å². The monoisotopic (exact) mass is 404 g/mol. The van der Waals surface area contributed by atoms with E-state index >= 15 is 0 Å². The van der Waals surface area contributed by atoms with E-state index in [1.807, 2.05) is 36.4 Å². The van der Waals surface area contributed by atoms with Crippen molar-refractivity contribution in [3.05, 3.63) is 78.1 Å². The summed E-state index contributed by atoms with van der Waals surface area (Å²) in [6, 6.07) is 18.2. The van der Waals surface area contributed by atoms with Crippen molar-refractivity contribution in [1.82, 2.24) is 15.3 Å². The smallest absolute Gasteiger partial charge is 0.252 e. The number of hydrogen-bond donors (Lipinski definition) is 1. The van der Waals surface area contributed by atoms with Gasteiger partial charge in [-0.15, -0.1) is 0 Å². The molecule has 2 aromatic carbocycles. The number of rotatable bonds is 5. The van der Waals surface area contributed by atoms with Gasteiger partial charge in [-0.3, -0.25) is 4.79 Å². The zero-order valence-corrected chi connectivity index (χ0v) is 17.2. The minimum atomic E-state index is -0.00200. The molecule has 3 aromatic rings. The molecule has 6 heteroatoms. The number of nitrogens with zero attached hydrogens (tertiary/aromatic N) is 3. The van der Waals surface area contributed by atoms with Gasteiger partial charge in [-0.2, -0.15) is 0 Å². The largest absolute Gasteiger partial charge is 0.349 e. The Morgan fingerprint density at radius 2 is 1.76 bits per heavy atom. The van der Waals surface area contributed by atoms with Crippen molar-refractivity contribution in [2.75, 3.05) is 18.0 Å². The van der Waals surface area contributed by atoms with Crippen LogP contribution in [0.3, 0.4) is 0 Å². The molecule has 2 heterocycles. The summed E-state index contributed by atoms with van der Waals surface area (Å²) in [6.45, 7) is 3.74. The highest BCUT2D eigenvalue weighted by Crippen LogP contribution is 2.31. The van der Waals surface area contributed by atoms with E-state index < -0.39 is 0 Å². The molecule has 1 amide bonds. The lowest BCUT2D eigenvalue weighted by Gasteiger charge is -2.32. The number of aromatic nitrogens is 2. The van der Waals surface area contributed by atoms with Gasteiger partial charge >= 0.3 is 0 Å². The number of nitrogens with one attached hydrogen (secondary N) is 1. The first-order valence-electron chi connectivity index (χ1n) is 9.85. The Morgan fingerprint density at radius 3 is 2.48 bits per heavy atom. The van der Waals surface area contributed by atoms with Crippen LogP contribution in [0.25, 0.3) is 0 Å². The third-order valence-electron chi connectivity index (χ3n) is 5.02. The molecule has 0 bridgehead atoms. The van der Waals surface area contributed by atoms with Gasteiger partial charge in [0.25, 0.3) is 5.91 Å².